The number of aromatic nitrogens is 1. The summed E-state index contributed by atoms with van der Waals surface area (Å²) in [4.78, 5) is 18.5. The van der Waals surface area contributed by atoms with E-state index in [9.17, 15) is 4.79 Å². The Morgan fingerprint density at radius 3 is 2.91 bits per heavy atom. The van der Waals surface area contributed by atoms with Crippen molar-refractivity contribution in [2.75, 3.05) is 13.1 Å². The molecule has 1 N–H and O–H groups in total. The zero-order chi connectivity index (χ0) is 16.0. The van der Waals surface area contributed by atoms with E-state index >= 15 is 0 Å². The monoisotopic (exact) mass is 305 g/mol. The summed E-state index contributed by atoms with van der Waals surface area (Å²) in [5.41, 5.74) is 0.572. The van der Waals surface area contributed by atoms with Gasteiger partial charge in [-0.25, -0.2) is 4.79 Å². The smallest absolute Gasteiger partial charge is 0.410 e. The highest BCUT2D eigenvalue weighted by Crippen LogP contribution is 2.20. The second kappa shape index (κ2) is 7.58. The molecule has 0 bridgehead atoms. The number of pyridine rings is 1. The van der Waals surface area contributed by atoms with Crippen LogP contribution in [0.4, 0.5) is 4.79 Å². The van der Waals surface area contributed by atoms with Gasteiger partial charge in [0.2, 0.25) is 0 Å². The van der Waals surface area contributed by atoms with E-state index in [1.165, 1.54) is 0 Å². The van der Waals surface area contributed by atoms with E-state index in [2.05, 4.69) is 10.3 Å². The van der Waals surface area contributed by atoms with Crippen LogP contribution in [0, 0.1) is 0 Å². The molecule has 22 heavy (non-hydrogen) atoms. The first-order valence-corrected chi connectivity index (χ1v) is 8.06. The Bertz CT molecular complexity index is 471. The molecule has 1 aromatic heterocycles. The SMILES string of the molecule is CC(C)(C)OC(=O)N1CCCC[C@H]1CNCc1ccccn1. The lowest BCUT2D eigenvalue weighted by Gasteiger charge is -2.36. The Morgan fingerprint density at radius 1 is 1.41 bits per heavy atom. The van der Waals surface area contributed by atoms with Gasteiger partial charge in [-0.3, -0.25) is 4.98 Å². The normalized spacial score (nSPS) is 19.0. The van der Waals surface area contributed by atoms with Gasteiger partial charge in [-0.05, 0) is 52.2 Å². The fourth-order valence-corrected chi connectivity index (χ4v) is 2.64. The van der Waals surface area contributed by atoms with Crippen LogP contribution >= 0.6 is 0 Å². The zero-order valence-electron chi connectivity index (χ0n) is 13.8. The number of carbonyl (C=O) groups excluding carboxylic acids is 1. The topological polar surface area (TPSA) is 54.5 Å². The second-order valence-electron chi connectivity index (χ2n) is 6.78. The van der Waals surface area contributed by atoms with Gasteiger partial charge in [0.15, 0.2) is 0 Å². The number of rotatable bonds is 4. The third-order valence-electron chi connectivity index (χ3n) is 3.67. The number of nitrogens with one attached hydrogen (secondary N) is 1. The van der Waals surface area contributed by atoms with Gasteiger partial charge in [-0.2, -0.15) is 0 Å². The van der Waals surface area contributed by atoms with Crippen molar-refractivity contribution < 1.29 is 9.53 Å². The van der Waals surface area contributed by atoms with Gasteiger partial charge < -0.3 is 15.0 Å². The molecule has 0 saturated carbocycles. The molecular formula is C17H27N3O2. The average Bonchev–Trinajstić information content (AvgIpc) is 2.47. The minimum absolute atomic E-state index is 0.197. The molecule has 1 saturated heterocycles. The summed E-state index contributed by atoms with van der Waals surface area (Å²) in [6.07, 6.45) is 4.83. The van der Waals surface area contributed by atoms with Crippen LogP contribution in [0.2, 0.25) is 0 Å². The summed E-state index contributed by atoms with van der Waals surface area (Å²) in [7, 11) is 0. The minimum Gasteiger partial charge on any atom is -0.444 e. The first-order chi connectivity index (χ1) is 10.5. The Hall–Kier alpha value is -1.62. The summed E-state index contributed by atoms with van der Waals surface area (Å²) >= 11 is 0. The van der Waals surface area contributed by atoms with E-state index in [4.69, 9.17) is 4.74 Å². The lowest BCUT2D eigenvalue weighted by molar-refractivity contribution is 0.00993. The van der Waals surface area contributed by atoms with Crippen LogP contribution in [0.1, 0.15) is 45.7 Å². The average molecular weight is 305 g/mol. The molecule has 1 aliphatic rings. The van der Waals surface area contributed by atoms with E-state index < -0.39 is 5.60 Å². The summed E-state index contributed by atoms with van der Waals surface area (Å²) in [5.74, 6) is 0. The lowest BCUT2D eigenvalue weighted by atomic mass is 10.0. The van der Waals surface area contributed by atoms with Crippen molar-refractivity contribution in [1.29, 1.82) is 0 Å². The van der Waals surface area contributed by atoms with Crippen LogP contribution in [0.25, 0.3) is 0 Å². The molecule has 0 spiro atoms. The highest BCUT2D eigenvalue weighted by Gasteiger charge is 2.30. The number of amides is 1. The van der Waals surface area contributed by atoms with Crippen LogP contribution < -0.4 is 5.32 Å². The third-order valence-corrected chi connectivity index (χ3v) is 3.67. The zero-order valence-corrected chi connectivity index (χ0v) is 13.8. The first-order valence-electron chi connectivity index (χ1n) is 8.06. The molecule has 1 aliphatic heterocycles. The van der Waals surface area contributed by atoms with Gasteiger partial charge in [0, 0.05) is 31.9 Å². The molecule has 1 fully saturated rings. The number of nitrogens with zero attached hydrogens (tertiary/aromatic N) is 2. The van der Waals surface area contributed by atoms with E-state index in [-0.39, 0.29) is 12.1 Å². The lowest BCUT2D eigenvalue weighted by Crippen LogP contribution is -2.50. The second-order valence-corrected chi connectivity index (χ2v) is 6.78. The van der Waals surface area contributed by atoms with Crippen molar-refractivity contribution in [2.45, 2.75) is 58.2 Å². The van der Waals surface area contributed by atoms with Crippen molar-refractivity contribution in [1.82, 2.24) is 15.2 Å². The molecule has 2 heterocycles. The molecule has 5 heteroatoms. The van der Waals surface area contributed by atoms with Crippen molar-refractivity contribution in [3.05, 3.63) is 30.1 Å². The van der Waals surface area contributed by atoms with Gasteiger partial charge in [0.05, 0.1) is 5.69 Å². The van der Waals surface area contributed by atoms with Crippen LogP contribution in [-0.4, -0.2) is 40.7 Å². The maximum absolute atomic E-state index is 12.3. The minimum atomic E-state index is -0.444. The van der Waals surface area contributed by atoms with Crippen molar-refractivity contribution in [2.24, 2.45) is 0 Å². The number of hydrogen-bond acceptors (Lipinski definition) is 4. The first kappa shape index (κ1) is 16.7. The molecule has 0 aliphatic carbocycles. The van der Waals surface area contributed by atoms with Gasteiger partial charge >= 0.3 is 6.09 Å². The van der Waals surface area contributed by atoms with Crippen LogP contribution in [0.5, 0.6) is 0 Å². The maximum Gasteiger partial charge on any atom is 0.410 e. The van der Waals surface area contributed by atoms with Crippen LogP contribution in [0.3, 0.4) is 0 Å². The summed E-state index contributed by atoms with van der Waals surface area (Å²) in [6, 6.07) is 6.10. The molecule has 1 aromatic rings. The molecule has 1 atom stereocenters. The summed E-state index contributed by atoms with van der Waals surface area (Å²) < 4.78 is 5.52. The Kier molecular flexibility index (Phi) is 5.77. The predicted octanol–water partition coefficient (Wildman–Crippen LogP) is 2.96. The van der Waals surface area contributed by atoms with Crippen molar-refractivity contribution in [3.63, 3.8) is 0 Å². The standard InChI is InChI=1S/C17H27N3O2/c1-17(2,3)22-16(21)20-11-7-5-9-15(20)13-18-12-14-8-4-6-10-19-14/h4,6,8,10,15,18H,5,7,9,11-13H2,1-3H3/t15-/m0/s1. The quantitative estimate of drug-likeness (QED) is 0.929. The summed E-state index contributed by atoms with van der Waals surface area (Å²) in [5, 5.41) is 3.41. The molecule has 2 rings (SSSR count). The molecule has 0 aromatic carbocycles. The number of likely N-dealkylation sites (tertiary alicyclic amines) is 1. The van der Waals surface area contributed by atoms with E-state index in [0.29, 0.717) is 0 Å². The summed E-state index contributed by atoms with van der Waals surface area (Å²) in [6.45, 7) is 8.00. The predicted molar refractivity (Wildman–Crippen MR) is 86.5 cm³/mol. The van der Waals surface area contributed by atoms with Gasteiger partial charge in [-0.15, -0.1) is 0 Å². The fraction of sp³-hybridized carbons (Fsp3) is 0.647. The third kappa shape index (κ3) is 5.30. The van der Waals surface area contributed by atoms with Gasteiger partial charge in [0.25, 0.3) is 0 Å². The largest absolute Gasteiger partial charge is 0.444 e. The fourth-order valence-electron chi connectivity index (χ4n) is 2.64. The van der Waals surface area contributed by atoms with Gasteiger partial charge in [0.1, 0.15) is 5.60 Å². The van der Waals surface area contributed by atoms with E-state index in [1.54, 1.807) is 6.20 Å². The number of piperidine rings is 1. The molecule has 1 amide bonds. The molecule has 0 unspecified atom stereocenters. The molecule has 122 valence electrons. The molecular weight excluding hydrogens is 278 g/mol. The number of ether oxygens (including phenoxy) is 1. The van der Waals surface area contributed by atoms with Crippen molar-refractivity contribution >= 4 is 6.09 Å². The highest BCUT2D eigenvalue weighted by molar-refractivity contribution is 5.68. The molecule has 5 nitrogen and oxygen atoms in total. The Labute approximate surface area is 133 Å². The van der Waals surface area contributed by atoms with Gasteiger partial charge in [-0.1, -0.05) is 6.07 Å². The highest BCUT2D eigenvalue weighted by atomic mass is 16.6. The van der Waals surface area contributed by atoms with E-state index in [0.717, 1.165) is 44.6 Å². The van der Waals surface area contributed by atoms with Crippen LogP contribution in [-0.2, 0) is 11.3 Å². The van der Waals surface area contributed by atoms with Crippen LogP contribution in [0.15, 0.2) is 24.4 Å². The number of carbonyl (C=O) groups is 1. The Morgan fingerprint density at radius 2 is 2.23 bits per heavy atom. The van der Waals surface area contributed by atoms with Crippen molar-refractivity contribution in [3.8, 4) is 0 Å². The Balaban J connectivity index is 1.85. The number of hydrogen-bond donors (Lipinski definition) is 1. The maximum atomic E-state index is 12.3. The molecule has 0 radical (unpaired) electrons. The van der Waals surface area contributed by atoms with E-state index in [1.807, 2.05) is 43.9 Å².